The molecule has 0 spiro atoms. The van der Waals surface area contributed by atoms with Gasteiger partial charge in [0.1, 0.15) is 0 Å². The van der Waals surface area contributed by atoms with Crippen molar-refractivity contribution >= 4 is 41.1 Å². The van der Waals surface area contributed by atoms with E-state index in [1.807, 2.05) is 4.90 Å². The minimum Gasteiger partial charge on any atom is -0.392 e. The molecule has 32 heavy (non-hydrogen) atoms. The predicted molar refractivity (Wildman–Crippen MR) is 129 cm³/mol. The van der Waals surface area contributed by atoms with E-state index in [4.69, 9.17) is 23.2 Å². The maximum atomic E-state index is 12.6. The lowest BCUT2D eigenvalue weighted by Crippen LogP contribution is -2.49. The molecule has 176 valence electrons. The first-order valence-corrected chi connectivity index (χ1v) is 12.0. The van der Waals surface area contributed by atoms with Crippen molar-refractivity contribution in [2.75, 3.05) is 45.8 Å². The molecule has 3 rings (SSSR count). The molecule has 1 N–H and O–H groups in total. The van der Waals surface area contributed by atoms with Crippen molar-refractivity contribution in [3.63, 3.8) is 0 Å². The highest BCUT2D eigenvalue weighted by molar-refractivity contribution is 6.42. The van der Waals surface area contributed by atoms with Crippen molar-refractivity contribution in [2.24, 2.45) is 5.41 Å². The molecule has 2 fully saturated rings. The Kier molecular flexibility index (Phi) is 8.62. The van der Waals surface area contributed by atoms with Crippen molar-refractivity contribution in [1.82, 2.24) is 14.7 Å². The zero-order valence-electron chi connectivity index (χ0n) is 18.9. The summed E-state index contributed by atoms with van der Waals surface area (Å²) < 4.78 is 0. The molecular formula is C24H33Cl2N3O3. The highest BCUT2D eigenvalue weighted by Crippen LogP contribution is 2.29. The molecule has 2 heterocycles. The molecule has 0 bridgehead atoms. The van der Waals surface area contributed by atoms with Crippen LogP contribution in [0.5, 0.6) is 0 Å². The van der Waals surface area contributed by atoms with Gasteiger partial charge in [0.2, 0.25) is 11.8 Å². The molecule has 1 aromatic rings. The summed E-state index contributed by atoms with van der Waals surface area (Å²) in [5.74, 6) is -0.0111. The minimum absolute atomic E-state index is 0.0948. The van der Waals surface area contributed by atoms with Gasteiger partial charge >= 0.3 is 0 Å². The average Bonchev–Trinajstić information content (AvgIpc) is 2.93. The first-order chi connectivity index (χ1) is 15.2. The number of hydrogen-bond donors (Lipinski definition) is 1. The number of aliphatic hydroxyl groups excluding tert-OH is 1. The van der Waals surface area contributed by atoms with Crippen LogP contribution in [-0.2, 0) is 9.59 Å². The third kappa shape index (κ3) is 6.70. The Hall–Kier alpha value is -1.60. The zero-order valence-corrected chi connectivity index (χ0v) is 20.4. The van der Waals surface area contributed by atoms with Crippen LogP contribution < -0.4 is 0 Å². The topological polar surface area (TPSA) is 64.1 Å². The van der Waals surface area contributed by atoms with E-state index >= 15 is 0 Å². The van der Waals surface area contributed by atoms with Crippen LogP contribution in [0.1, 0.15) is 38.7 Å². The fourth-order valence-corrected chi connectivity index (χ4v) is 4.65. The maximum Gasteiger partial charge on any atom is 0.246 e. The van der Waals surface area contributed by atoms with Gasteiger partial charge in [-0.1, -0.05) is 43.1 Å². The third-order valence-corrected chi connectivity index (χ3v) is 7.16. The molecule has 1 unspecified atom stereocenters. The summed E-state index contributed by atoms with van der Waals surface area (Å²) in [4.78, 5) is 31.1. The van der Waals surface area contributed by atoms with E-state index in [9.17, 15) is 14.7 Å². The summed E-state index contributed by atoms with van der Waals surface area (Å²) in [6.45, 7) is 9.08. The van der Waals surface area contributed by atoms with Crippen LogP contribution in [0.4, 0.5) is 0 Å². The van der Waals surface area contributed by atoms with Gasteiger partial charge in [0.25, 0.3) is 0 Å². The third-order valence-electron chi connectivity index (χ3n) is 6.42. The second-order valence-electron chi connectivity index (χ2n) is 9.39. The molecular weight excluding hydrogens is 449 g/mol. The molecule has 0 radical (unpaired) electrons. The summed E-state index contributed by atoms with van der Waals surface area (Å²) in [6, 6.07) is 5.21. The number of piperidine rings is 1. The monoisotopic (exact) mass is 481 g/mol. The maximum absolute atomic E-state index is 12.6. The number of nitrogens with zero attached hydrogens (tertiary/aromatic N) is 3. The summed E-state index contributed by atoms with van der Waals surface area (Å²) in [5.41, 5.74) is 0.705. The van der Waals surface area contributed by atoms with Gasteiger partial charge in [0.15, 0.2) is 0 Å². The lowest BCUT2D eigenvalue weighted by atomic mass is 9.81. The molecule has 0 saturated carbocycles. The van der Waals surface area contributed by atoms with Crippen LogP contribution in [0.3, 0.4) is 0 Å². The summed E-state index contributed by atoms with van der Waals surface area (Å²) in [6.07, 6.45) is 5.01. The van der Waals surface area contributed by atoms with Gasteiger partial charge < -0.3 is 19.8 Å². The smallest absolute Gasteiger partial charge is 0.246 e. The molecule has 1 atom stereocenters. The Bertz CT molecular complexity index is 859. The van der Waals surface area contributed by atoms with Crippen molar-refractivity contribution in [1.29, 1.82) is 0 Å². The van der Waals surface area contributed by atoms with Crippen LogP contribution in [-0.4, -0.2) is 83.5 Å². The van der Waals surface area contributed by atoms with Crippen LogP contribution >= 0.6 is 23.2 Å². The van der Waals surface area contributed by atoms with Crippen LogP contribution in [0.25, 0.3) is 6.08 Å². The molecule has 0 aromatic heterocycles. The van der Waals surface area contributed by atoms with E-state index in [1.54, 1.807) is 29.2 Å². The number of halogens is 2. The first kappa shape index (κ1) is 25.0. The van der Waals surface area contributed by atoms with E-state index in [2.05, 4.69) is 18.7 Å². The number of likely N-dealkylation sites (tertiary alicyclic amines) is 1. The Morgan fingerprint density at radius 1 is 1.16 bits per heavy atom. The molecule has 1 aromatic carbocycles. The van der Waals surface area contributed by atoms with E-state index in [-0.39, 0.29) is 23.3 Å². The number of hydrogen-bond acceptors (Lipinski definition) is 4. The Morgan fingerprint density at radius 2 is 1.94 bits per heavy atom. The Morgan fingerprint density at radius 3 is 2.66 bits per heavy atom. The number of carbonyl (C=O) groups excluding carboxylic acids is 2. The van der Waals surface area contributed by atoms with Crippen molar-refractivity contribution < 1.29 is 14.7 Å². The fourth-order valence-electron chi connectivity index (χ4n) is 4.34. The highest BCUT2D eigenvalue weighted by atomic mass is 35.5. The van der Waals surface area contributed by atoms with Crippen molar-refractivity contribution in [3.8, 4) is 0 Å². The SMILES string of the molecule is CC1(C)CN(CCCN2CCN(C(=O)C=Cc3ccc(Cl)c(Cl)c3)CCC2=O)CCC1O. The molecule has 8 heteroatoms. The number of rotatable bonds is 6. The fraction of sp³-hybridized carbons (Fsp3) is 0.583. The van der Waals surface area contributed by atoms with E-state index in [0.717, 1.165) is 38.0 Å². The largest absolute Gasteiger partial charge is 0.392 e. The molecule has 2 aliphatic rings. The number of benzene rings is 1. The van der Waals surface area contributed by atoms with Gasteiger partial charge in [0.05, 0.1) is 16.1 Å². The standard InChI is InChI=1S/C24H33Cl2N3O3/c1-24(2)17-27(12-8-21(24)30)10-3-11-28-14-15-29(13-9-23(28)32)22(31)7-5-18-4-6-19(25)20(26)16-18/h4-7,16,21,30H,3,8-15,17H2,1-2H3. The Balaban J connectivity index is 1.46. The van der Waals surface area contributed by atoms with Gasteiger partial charge in [-0.3, -0.25) is 9.59 Å². The van der Waals surface area contributed by atoms with E-state index < -0.39 is 0 Å². The lowest BCUT2D eigenvalue weighted by molar-refractivity contribution is -0.130. The summed E-state index contributed by atoms with van der Waals surface area (Å²) >= 11 is 12.0. The van der Waals surface area contributed by atoms with Gasteiger partial charge in [-0.05, 0) is 43.2 Å². The average molecular weight is 482 g/mol. The molecule has 0 aliphatic carbocycles. The van der Waals surface area contributed by atoms with Gasteiger partial charge in [-0.2, -0.15) is 0 Å². The van der Waals surface area contributed by atoms with Crippen LogP contribution in [0, 0.1) is 5.41 Å². The van der Waals surface area contributed by atoms with Gasteiger partial charge in [-0.15, -0.1) is 0 Å². The van der Waals surface area contributed by atoms with E-state index in [1.165, 1.54) is 6.08 Å². The van der Waals surface area contributed by atoms with Crippen LogP contribution in [0.2, 0.25) is 10.0 Å². The first-order valence-electron chi connectivity index (χ1n) is 11.3. The summed E-state index contributed by atoms with van der Waals surface area (Å²) in [7, 11) is 0. The number of aliphatic hydroxyl groups is 1. The molecule has 6 nitrogen and oxygen atoms in total. The molecule has 2 amide bonds. The molecule has 2 saturated heterocycles. The number of carbonyl (C=O) groups is 2. The molecule has 2 aliphatic heterocycles. The summed E-state index contributed by atoms with van der Waals surface area (Å²) in [5, 5.41) is 11.0. The number of amides is 2. The predicted octanol–water partition coefficient (Wildman–Crippen LogP) is 3.55. The van der Waals surface area contributed by atoms with Crippen LogP contribution in [0.15, 0.2) is 24.3 Å². The lowest BCUT2D eigenvalue weighted by Gasteiger charge is -2.42. The van der Waals surface area contributed by atoms with Crippen molar-refractivity contribution in [3.05, 3.63) is 39.9 Å². The zero-order chi connectivity index (χ0) is 23.3. The normalized spacial score (nSPS) is 22.4. The second kappa shape index (κ2) is 11.0. The van der Waals surface area contributed by atoms with E-state index in [0.29, 0.717) is 42.6 Å². The quantitative estimate of drug-likeness (QED) is 0.630. The van der Waals surface area contributed by atoms with Crippen molar-refractivity contribution in [2.45, 2.75) is 39.2 Å². The minimum atomic E-state index is -0.250. The Labute approximate surface area is 200 Å². The second-order valence-corrected chi connectivity index (χ2v) is 10.2. The van der Waals surface area contributed by atoms with Gasteiger partial charge in [0, 0.05) is 57.2 Å². The highest BCUT2D eigenvalue weighted by Gasteiger charge is 2.34. The van der Waals surface area contributed by atoms with Gasteiger partial charge in [-0.25, -0.2) is 0 Å².